The van der Waals surface area contributed by atoms with Gasteiger partial charge in [0.2, 0.25) is 5.91 Å². The van der Waals surface area contributed by atoms with Crippen LogP contribution in [0.3, 0.4) is 0 Å². The van der Waals surface area contributed by atoms with Gasteiger partial charge in [0.25, 0.3) is 0 Å². The SMILES string of the molecule is O=C(NCCCCOc1ccc(F)cc1)N1CCN(C(=O)C23CC4CC(CC(C4)C2)C3)CC1. The second-order valence-electron chi connectivity index (χ2n) is 10.7. The van der Waals surface area contributed by atoms with Gasteiger partial charge in [-0.2, -0.15) is 0 Å². The van der Waals surface area contributed by atoms with Crippen LogP contribution in [-0.2, 0) is 4.79 Å². The Kier molecular flexibility index (Phi) is 6.48. The van der Waals surface area contributed by atoms with E-state index >= 15 is 0 Å². The van der Waals surface area contributed by atoms with Crippen LogP contribution in [-0.4, -0.2) is 61.1 Å². The van der Waals surface area contributed by atoms with Gasteiger partial charge in [-0.05, 0) is 93.4 Å². The average Bonchev–Trinajstić information content (AvgIpc) is 2.81. The lowest BCUT2D eigenvalue weighted by Gasteiger charge is -2.57. The fourth-order valence-corrected chi connectivity index (χ4v) is 7.08. The fraction of sp³-hybridized carbons (Fsp3) is 0.692. The summed E-state index contributed by atoms with van der Waals surface area (Å²) in [5.74, 6) is 3.07. The molecule has 1 N–H and O–H groups in total. The summed E-state index contributed by atoms with van der Waals surface area (Å²) in [6, 6.07) is 5.95. The topological polar surface area (TPSA) is 61.9 Å². The van der Waals surface area contributed by atoms with Crippen LogP contribution in [0.2, 0.25) is 0 Å². The van der Waals surface area contributed by atoms with E-state index in [9.17, 15) is 14.0 Å². The molecule has 0 aromatic heterocycles. The van der Waals surface area contributed by atoms with Crippen LogP contribution >= 0.6 is 0 Å². The summed E-state index contributed by atoms with van der Waals surface area (Å²) in [4.78, 5) is 29.9. The maximum absolute atomic E-state index is 13.5. The quantitative estimate of drug-likeness (QED) is 0.629. The van der Waals surface area contributed by atoms with Gasteiger partial charge >= 0.3 is 6.03 Å². The minimum Gasteiger partial charge on any atom is -0.494 e. The molecule has 33 heavy (non-hydrogen) atoms. The maximum atomic E-state index is 13.5. The van der Waals surface area contributed by atoms with E-state index in [0.717, 1.165) is 49.9 Å². The van der Waals surface area contributed by atoms with Crippen LogP contribution in [0.4, 0.5) is 9.18 Å². The number of hydrogen-bond acceptors (Lipinski definition) is 3. The highest BCUT2D eigenvalue weighted by Gasteiger charge is 2.55. The number of hydrogen-bond donors (Lipinski definition) is 1. The Bertz CT molecular complexity index is 816. The largest absolute Gasteiger partial charge is 0.494 e. The summed E-state index contributed by atoms with van der Waals surface area (Å²) in [7, 11) is 0. The van der Waals surface area contributed by atoms with Crippen LogP contribution in [0.15, 0.2) is 24.3 Å². The molecule has 4 saturated carbocycles. The first-order valence-corrected chi connectivity index (χ1v) is 12.7. The van der Waals surface area contributed by atoms with Crippen molar-refractivity contribution in [2.75, 3.05) is 39.3 Å². The zero-order chi connectivity index (χ0) is 22.8. The van der Waals surface area contributed by atoms with Crippen LogP contribution in [0.25, 0.3) is 0 Å². The molecule has 3 amide bonds. The molecule has 1 aromatic carbocycles. The Balaban J connectivity index is 0.995. The highest BCUT2D eigenvalue weighted by atomic mass is 19.1. The number of amides is 3. The minimum absolute atomic E-state index is 0.0450. The molecule has 4 bridgehead atoms. The van der Waals surface area contributed by atoms with E-state index in [-0.39, 0.29) is 17.3 Å². The van der Waals surface area contributed by atoms with Gasteiger partial charge in [-0.3, -0.25) is 4.79 Å². The van der Waals surface area contributed by atoms with Gasteiger partial charge in [0.1, 0.15) is 11.6 Å². The molecule has 6 rings (SSSR count). The molecule has 0 atom stereocenters. The van der Waals surface area contributed by atoms with Crippen molar-refractivity contribution in [1.29, 1.82) is 0 Å². The molecule has 1 aromatic rings. The van der Waals surface area contributed by atoms with Crippen LogP contribution < -0.4 is 10.1 Å². The van der Waals surface area contributed by atoms with Gasteiger partial charge in [0.05, 0.1) is 12.0 Å². The fourth-order valence-electron chi connectivity index (χ4n) is 7.08. The van der Waals surface area contributed by atoms with Gasteiger partial charge < -0.3 is 19.9 Å². The second kappa shape index (κ2) is 9.51. The summed E-state index contributed by atoms with van der Waals surface area (Å²) < 4.78 is 18.5. The smallest absolute Gasteiger partial charge is 0.317 e. The molecule has 5 fully saturated rings. The van der Waals surface area contributed by atoms with Crippen molar-refractivity contribution in [3.8, 4) is 5.75 Å². The summed E-state index contributed by atoms with van der Waals surface area (Å²) in [5, 5.41) is 2.99. The molecule has 0 radical (unpaired) electrons. The number of urea groups is 1. The van der Waals surface area contributed by atoms with E-state index < -0.39 is 0 Å². The maximum Gasteiger partial charge on any atom is 0.317 e. The Morgan fingerprint density at radius 2 is 1.48 bits per heavy atom. The lowest BCUT2D eigenvalue weighted by atomic mass is 9.49. The molecule has 1 saturated heterocycles. The number of carbonyl (C=O) groups excluding carboxylic acids is 2. The van der Waals surface area contributed by atoms with Crippen LogP contribution in [0.1, 0.15) is 51.4 Å². The van der Waals surface area contributed by atoms with E-state index in [1.165, 1.54) is 31.4 Å². The molecule has 1 aliphatic heterocycles. The molecule has 0 unspecified atom stereocenters. The van der Waals surface area contributed by atoms with Crippen molar-refractivity contribution in [2.24, 2.45) is 23.2 Å². The highest BCUT2D eigenvalue weighted by Crippen LogP contribution is 2.60. The van der Waals surface area contributed by atoms with E-state index in [4.69, 9.17) is 4.74 Å². The molecule has 4 aliphatic carbocycles. The molecule has 180 valence electrons. The van der Waals surface area contributed by atoms with Gasteiger partial charge in [-0.15, -0.1) is 0 Å². The number of benzene rings is 1. The summed E-state index contributed by atoms with van der Waals surface area (Å²) in [5.41, 5.74) is -0.0881. The van der Waals surface area contributed by atoms with E-state index in [2.05, 4.69) is 5.32 Å². The summed E-state index contributed by atoms with van der Waals surface area (Å²) in [6.07, 6.45) is 8.97. The van der Waals surface area contributed by atoms with E-state index in [1.54, 1.807) is 12.1 Å². The van der Waals surface area contributed by atoms with Crippen LogP contribution in [0.5, 0.6) is 5.75 Å². The van der Waals surface area contributed by atoms with Crippen molar-refractivity contribution >= 4 is 11.9 Å². The number of carbonyl (C=O) groups is 2. The average molecular weight is 458 g/mol. The monoisotopic (exact) mass is 457 g/mol. The lowest BCUT2D eigenvalue weighted by molar-refractivity contribution is -0.159. The van der Waals surface area contributed by atoms with Gasteiger partial charge in [-0.25, -0.2) is 9.18 Å². The molecule has 7 heteroatoms. The zero-order valence-electron chi connectivity index (χ0n) is 19.4. The number of nitrogens with one attached hydrogen (secondary N) is 1. The molecule has 5 aliphatic rings. The zero-order valence-corrected chi connectivity index (χ0v) is 19.4. The predicted molar refractivity (Wildman–Crippen MR) is 123 cm³/mol. The first-order valence-electron chi connectivity index (χ1n) is 12.7. The Morgan fingerprint density at radius 1 is 0.909 bits per heavy atom. The van der Waals surface area contributed by atoms with Crippen molar-refractivity contribution in [3.63, 3.8) is 0 Å². The normalized spacial score (nSPS) is 30.4. The third-order valence-electron chi connectivity index (χ3n) is 8.28. The molecule has 0 spiro atoms. The Morgan fingerprint density at radius 3 is 2.09 bits per heavy atom. The van der Waals surface area contributed by atoms with E-state index in [0.29, 0.717) is 51.0 Å². The Labute approximate surface area is 195 Å². The van der Waals surface area contributed by atoms with E-state index in [1.807, 2.05) is 9.80 Å². The molecular formula is C26H36FN3O3. The molecular weight excluding hydrogens is 421 g/mol. The highest BCUT2D eigenvalue weighted by molar-refractivity contribution is 5.84. The summed E-state index contributed by atoms with van der Waals surface area (Å²) >= 11 is 0. The van der Waals surface area contributed by atoms with Crippen LogP contribution in [0, 0.1) is 29.0 Å². The number of rotatable bonds is 7. The van der Waals surface area contributed by atoms with Crippen molar-refractivity contribution in [2.45, 2.75) is 51.4 Å². The number of unbranched alkanes of at least 4 members (excludes halogenated alkanes) is 1. The van der Waals surface area contributed by atoms with Crippen molar-refractivity contribution < 1.29 is 18.7 Å². The standard InChI is InChI=1S/C26H36FN3O3/c27-22-3-5-23(6-4-22)33-12-2-1-7-28-25(32)30-10-8-29(9-11-30)24(31)26-16-19-13-20(17-26)15-21(14-19)18-26/h3-6,19-21H,1-2,7-18H2,(H,28,32). The number of piperazine rings is 1. The molecule has 6 nitrogen and oxygen atoms in total. The predicted octanol–water partition coefficient (Wildman–Crippen LogP) is 4.05. The second-order valence-corrected chi connectivity index (χ2v) is 10.7. The number of ether oxygens (including phenoxy) is 1. The van der Waals surface area contributed by atoms with Gasteiger partial charge in [0, 0.05) is 32.7 Å². The number of nitrogens with zero attached hydrogens (tertiary/aromatic N) is 2. The molecule has 1 heterocycles. The lowest BCUT2D eigenvalue weighted by Crippen LogP contribution is -2.59. The van der Waals surface area contributed by atoms with Crippen molar-refractivity contribution in [3.05, 3.63) is 30.1 Å². The first kappa shape index (κ1) is 22.5. The first-order chi connectivity index (χ1) is 16.0. The van der Waals surface area contributed by atoms with Gasteiger partial charge in [0.15, 0.2) is 0 Å². The Hall–Kier alpha value is -2.31. The van der Waals surface area contributed by atoms with Crippen molar-refractivity contribution in [1.82, 2.24) is 15.1 Å². The summed E-state index contributed by atoms with van der Waals surface area (Å²) in [6.45, 7) is 3.65. The minimum atomic E-state index is -0.275. The number of halogens is 1. The third kappa shape index (κ3) is 4.97. The third-order valence-corrected chi connectivity index (χ3v) is 8.28. The van der Waals surface area contributed by atoms with Gasteiger partial charge in [-0.1, -0.05) is 0 Å².